The van der Waals surface area contributed by atoms with E-state index in [1.165, 1.54) is 43.4 Å². The molecule has 2 atom stereocenters. The molecule has 1 aliphatic heterocycles. The van der Waals surface area contributed by atoms with Crippen molar-refractivity contribution in [2.75, 3.05) is 13.2 Å². The first-order chi connectivity index (χ1) is 16.2. The number of nitrogens with zero attached hydrogens (tertiary/aromatic N) is 2. The van der Waals surface area contributed by atoms with Crippen molar-refractivity contribution in [3.63, 3.8) is 0 Å². The number of H-pyrrole nitrogens is 1. The summed E-state index contributed by atoms with van der Waals surface area (Å²) in [6.45, 7) is -0.0879. The van der Waals surface area contributed by atoms with Crippen LogP contribution in [0.2, 0.25) is 0 Å². The minimum absolute atomic E-state index is 0.0706. The number of hydrogen-bond donors (Lipinski definition) is 3. The molecule has 4 N–H and O–H groups in total. The van der Waals surface area contributed by atoms with E-state index in [4.69, 9.17) is 15.5 Å². The van der Waals surface area contributed by atoms with Gasteiger partial charge in [-0.15, -0.1) is 0 Å². The number of carbonyl (C=O) groups is 1. The number of aliphatic imine (C=N–C) groups is 1. The number of rotatable bonds is 6. The second-order valence-corrected chi connectivity index (χ2v) is 9.47. The van der Waals surface area contributed by atoms with E-state index in [-0.39, 0.29) is 18.8 Å². The van der Waals surface area contributed by atoms with E-state index in [9.17, 15) is 9.90 Å². The lowest BCUT2D eigenvalue weighted by Crippen LogP contribution is -2.15. The number of benzene rings is 2. The van der Waals surface area contributed by atoms with Crippen LogP contribution in [0.3, 0.4) is 0 Å². The molecule has 2 aromatic carbocycles. The van der Waals surface area contributed by atoms with Crippen molar-refractivity contribution in [1.82, 2.24) is 9.97 Å². The van der Waals surface area contributed by atoms with Gasteiger partial charge in [0.25, 0.3) is 5.91 Å². The number of ether oxygens (including phenoxy) is 1. The molecule has 2 fully saturated rings. The molecule has 1 amide bonds. The normalized spacial score (nSPS) is 21.9. The van der Waals surface area contributed by atoms with Crippen molar-refractivity contribution in [1.29, 1.82) is 0 Å². The van der Waals surface area contributed by atoms with E-state index in [2.05, 4.69) is 28.2 Å². The molecule has 0 radical (unpaired) electrons. The molecule has 33 heavy (non-hydrogen) atoms. The molecule has 2 unspecified atom stereocenters. The van der Waals surface area contributed by atoms with Crippen LogP contribution in [0.4, 0.5) is 5.69 Å². The molecule has 0 spiro atoms. The number of fused-ring (bicyclic) bond motifs is 3. The number of aromatic nitrogens is 2. The third kappa shape index (κ3) is 3.42. The van der Waals surface area contributed by atoms with E-state index in [0.717, 1.165) is 29.2 Å². The van der Waals surface area contributed by atoms with Gasteiger partial charge < -0.3 is 20.6 Å². The minimum atomic E-state index is -0.603. The summed E-state index contributed by atoms with van der Waals surface area (Å²) in [7, 11) is 0. The van der Waals surface area contributed by atoms with Crippen LogP contribution in [-0.2, 0) is 6.42 Å². The summed E-state index contributed by atoms with van der Waals surface area (Å²) in [5.74, 6) is 1.86. The fourth-order valence-electron chi connectivity index (χ4n) is 5.98. The van der Waals surface area contributed by atoms with Crippen LogP contribution in [0.5, 0.6) is 5.75 Å². The zero-order valence-corrected chi connectivity index (χ0v) is 18.5. The number of aromatic amines is 1. The predicted octanol–water partition coefficient (Wildman–Crippen LogP) is 4.15. The van der Waals surface area contributed by atoms with Crippen LogP contribution in [-0.4, -0.2) is 39.9 Å². The Labute approximate surface area is 192 Å². The molecule has 2 heterocycles. The number of nitrogens with two attached hydrogens (primary N) is 1. The summed E-state index contributed by atoms with van der Waals surface area (Å²) in [6, 6.07) is 8.19. The van der Waals surface area contributed by atoms with Gasteiger partial charge in [0.1, 0.15) is 17.9 Å². The highest BCUT2D eigenvalue weighted by molar-refractivity contribution is 6.11. The van der Waals surface area contributed by atoms with E-state index in [0.29, 0.717) is 28.6 Å². The Morgan fingerprint density at radius 3 is 2.85 bits per heavy atom. The highest BCUT2D eigenvalue weighted by Gasteiger charge is 2.51. The van der Waals surface area contributed by atoms with E-state index >= 15 is 0 Å². The second-order valence-electron chi connectivity index (χ2n) is 9.47. The monoisotopic (exact) mass is 444 g/mol. The number of nitrogens with one attached hydrogen (secondary N) is 1. The van der Waals surface area contributed by atoms with Crippen molar-refractivity contribution in [3.05, 3.63) is 41.7 Å². The van der Waals surface area contributed by atoms with Crippen LogP contribution in [0.25, 0.3) is 22.2 Å². The SMILES string of the molecule is NC(=O)c1c(OCCO)cc(-c2ccc3c(c2)N=C2C(C3)C2C2CCCCC2)c2nc[nH]c12. The summed E-state index contributed by atoms with van der Waals surface area (Å²) in [6.07, 6.45) is 9.44. The third-order valence-electron chi connectivity index (χ3n) is 7.55. The Kier molecular flexibility index (Phi) is 4.94. The van der Waals surface area contributed by atoms with Crippen LogP contribution < -0.4 is 10.5 Å². The van der Waals surface area contributed by atoms with Gasteiger partial charge in [0.2, 0.25) is 0 Å². The number of aliphatic hydroxyl groups is 1. The van der Waals surface area contributed by atoms with Crippen molar-refractivity contribution in [2.45, 2.75) is 38.5 Å². The molecule has 6 rings (SSSR count). The molecule has 7 nitrogen and oxygen atoms in total. The quantitative estimate of drug-likeness (QED) is 0.530. The van der Waals surface area contributed by atoms with Gasteiger partial charge in [-0.3, -0.25) is 9.79 Å². The van der Waals surface area contributed by atoms with Gasteiger partial charge in [0.05, 0.1) is 29.7 Å². The number of aliphatic hydroxyl groups excluding tert-OH is 1. The van der Waals surface area contributed by atoms with Crippen LogP contribution >= 0.6 is 0 Å². The Bertz CT molecular complexity index is 1270. The standard InChI is InChI=1S/C26H28N4O3/c27-26(32)22-20(33-9-8-31)12-17(24-25(22)29-13-28-24)15-6-7-16-10-18-21(14-4-2-1-3-5-14)23(18)30-19(16)11-15/h6-7,11-14,18,21,31H,1-5,8-10H2,(H2,27,32)(H,28,29). The molecule has 170 valence electrons. The second kappa shape index (κ2) is 7.99. The maximum absolute atomic E-state index is 12.2. The lowest BCUT2D eigenvalue weighted by molar-refractivity contribution is 0.0996. The summed E-state index contributed by atoms with van der Waals surface area (Å²) in [5.41, 5.74) is 12.6. The fourth-order valence-corrected chi connectivity index (χ4v) is 5.98. The van der Waals surface area contributed by atoms with Gasteiger partial charge in [-0.1, -0.05) is 31.4 Å². The Hall–Kier alpha value is -3.19. The largest absolute Gasteiger partial charge is 0.490 e. The number of carbonyl (C=O) groups excluding carboxylic acids is 1. The maximum Gasteiger partial charge on any atom is 0.254 e. The fraction of sp³-hybridized carbons (Fsp3) is 0.423. The Morgan fingerprint density at radius 2 is 2.06 bits per heavy atom. The van der Waals surface area contributed by atoms with Crippen molar-refractivity contribution < 1.29 is 14.6 Å². The zero-order valence-electron chi connectivity index (χ0n) is 18.5. The molecule has 3 aliphatic rings. The highest BCUT2D eigenvalue weighted by Crippen LogP contribution is 2.53. The van der Waals surface area contributed by atoms with Gasteiger partial charge in [-0.2, -0.15) is 0 Å². The van der Waals surface area contributed by atoms with Crippen LogP contribution in [0, 0.1) is 17.8 Å². The van der Waals surface area contributed by atoms with Crippen molar-refractivity contribution in [3.8, 4) is 16.9 Å². The van der Waals surface area contributed by atoms with Crippen molar-refractivity contribution >= 4 is 28.3 Å². The molecule has 0 bridgehead atoms. The average Bonchev–Trinajstić information content (AvgIpc) is 3.31. The molecule has 2 saturated carbocycles. The van der Waals surface area contributed by atoms with E-state index < -0.39 is 5.91 Å². The Balaban J connectivity index is 1.39. The molecular weight excluding hydrogens is 416 g/mol. The van der Waals surface area contributed by atoms with Gasteiger partial charge in [0, 0.05) is 23.1 Å². The van der Waals surface area contributed by atoms with Gasteiger partial charge >= 0.3 is 0 Å². The molecule has 1 aromatic heterocycles. The third-order valence-corrected chi connectivity index (χ3v) is 7.55. The minimum Gasteiger partial charge on any atom is -0.490 e. The van der Waals surface area contributed by atoms with Gasteiger partial charge in [0.15, 0.2) is 0 Å². The number of hydrogen-bond acceptors (Lipinski definition) is 5. The van der Waals surface area contributed by atoms with Crippen LogP contribution in [0.1, 0.15) is 48.0 Å². The van der Waals surface area contributed by atoms with Gasteiger partial charge in [-0.05, 0) is 48.4 Å². The molecule has 2 aliphatic carbocycles. The maximum atomic E-state index is 12.2. The summed E-state index contributed by atoms with van der Waals surface area (Å²) in [5, 5.41) is 9.22. The molecule has 3 aromatic rings. The number of imidazole rings is 1. The zero-order chi connectivity index (χ0) is 22.5. The number of primary amides is 1. The first kappa shape index (κ1) is 20.4. The van der Waals surface area contributed by atoms with Gasteiger partial charge in [-0.25, -0.2) is 4.98 Å². The summed E-state index contributed by atoms with van der Waals surface area (Å²) < 4.78 is 5.68. The summed E-state index contributed by atoms with van der Waals surface area (Å²) >= 11 is 0. The summed E-state index contributed by atoms with van der Waals surface area (Å²) in [4.78, 5) is 24.7. The lowest BCUT2D eigenvalue weighted by Gasteiger charge is -2.20. The van der Waals surface area contributed by atoms with E-state index in [1.807, 2.05) is 0 Å². The lowest BCUT2D eigenvalue weighted by atomic mass is 9.84. The average molecular weight is 445 g/mol. The predicted molar refractivity (Wildman–Crippen MR) is 127 cm³/mol. The first-order valence-corrected chi connectivity index (χ1v) is 11.9. The number of amides is 1. The molecule has 7 heteroatoms. The van der Waals surface area contributed by atoms with E-state index in [1.54, 1.807) is 12.4 Å². The molecule has 0 saturated heterocycles. The van der Waals surface area contributed by atoms with Crippen LogP contribution in [0.15, 0.2) is 35.6 Å². The molecular formula is C26H28N4O3. The first-order valence-electron chi connectivity index (χ1n) is 11.9. The highest BCUT2D eigenvalue weighted by atomic mass is 16.5. The topological polar surface area (TPSA) is 114 Å². The van der Waals surface area contributed by atoms with Crippen molar-refractivity contribution in [2.24, 2.45) is 28.5 Å². The smallest absolute Gasteiger partial charge is 0.254 e. The Morgan fingerprint density at radius 1 is 1.21 bits per heavy atom.